The molecule has 1 N–H and O–H groups in total. The molecule has 1 fully saturated rings. The Morgan fingerprint density at radius 3 is 2.31 bits per heavy atom. The number of carbonyl (C=O) groups excluding carboxylic acids is 1. The summed E-state index contributed by atoms with van der Waals surface area (Å²) in [5.41, 5.74) is 2.25. The van der Waals surface area contributed by atoms with Crippen LogP contribution in [0.5, 0.6) is 0 Å². The van der Waals surface area contributed by atoms with Crippen molar-refractivity contribution in [2.24, 2.45) is 10.4 Å². The van der Waals surface area contributed by atoms with Crippen molar-refractivity contribution in [1.29, 1.82) is 0 Å². The number of likely N-dealkylation sites (tertiary alicyclic amines) is 1. The minimum Gasteiger partial charge on any atom is -0.352 e. The Morgan fingerprint density at radius 1 is 1.23 bits per heavy atom. The van der Waals surface area contributed by atoms with Crippen LogP contribution in [0.25, 0.3) is 0 Å². The normalized spacial score (nSPS) is 16.2. The second-order valence-electron chi connectivity index (χ2n) is 7.41. The third-order valence-electron chi connectivity index (χ3n) is 4.89. The van der Waals surface area contributed by atoms with Crippen molar-refractivity contribution < 1.29 is 4.79 Å². The lowest BCUT2D eigenvalue weighted by Gasteiger charge is -2.23. The van der Waals surface area contributed by atoms with Crippen LogP contribution in [0.2, 0.25) is 0 Å². The first-order valence-electron chi connectivity index (χ1n) is 9.24. The number of carbonyl (C=O) groups is 1. The molecule has 1 saturated heterocycles. The van der Waals surface area contributed by atoms with Crippen LogP contribution in [0.1, 0.15) is 50.0 Å². The Labute approximate surface area is 175 Å². The van der Waals surface area contributed by atoms with Crippen LogP contribution in [-0.2, 0) is 6.54 Å². The second-order valence-corrected chi connectivity index (χ2v) is 7.41. The fourth-order valence-corrected chi connectivity index (χ4v) is 3.27. The summed E-state index contributed by atoms with van der Waals surface area (Å²) < 4.78 is 0. The first kappa shape index (κ1) is 22.7. The Bertz CT molecular complexity index is 609. The Balaban J connectivity index is 0.00000338. The van der Waals surface area contributed by atoms with E-state index in [1.807, 2.05) is 50.1 Å². The molecule has 1 aromatic carbocycles. The Hall–Kier alpha value is -1.31. The number of hydrogen-bond acceptors (Lipinski definition) is 2. The van der Waals surface area contributed by atoms with Gasteiger partial charge in [0.25, 0.3) is 5.91 Å². The molecular weight excluding hydrogens is 439 g/mol. The average molecular weight is 472 g/mol. The molecule has 0 radical (unpaired) electrons. The first-order chi connectivity index (χ1) is 11.9. The molecular formula is C20H33IN4O. The molecule has 1 aliphatic rings. The van der Waals surface area contributed by atoms with Gasteiger partial charge in [-0.3, -0.25) is 9.79 Å². The lowest BCUT2D eigenvalue weighted by Crippen LogP contribution is -2.40. The van der Waals surface area contributed by atoms with E-state index in [1.165, 1.54) is 6.42 Å². The average Bonchev–Trinajstić information content (AvgIpc) is 2.97. The van der Waals surface area contributed by atoms with E-state index in [9.17, 15) is 4.79 Å². The van der Waals surface area contributed by atoms with Gasteiger partial charge in [-0.1, -0.05) is 26.0 Å². The van der Waals surface area contributed by atoms with Crippen LogP contribution < -0.4 is 5.32 Å². The number of benzene rings is 1. The van der Waals surface area contributed by atoms with E-state index < -0.39 is 0 Å². The molecule has 1 amide bonds. The van der Waals surface area contributed by atoms with Crippen molar-refractivity contribution in [3.05, 3.63) is 35.4 Å². The smallest absolute Gasteiger partial charge is 0.253 e. The lowest BCUT2D eigenvalue weighted by atomic mass is 9.93. The highest BCUT2D eigenvalue weighted by Crippen LogP contribution is 2.28. The number of aliphatic imine (C=N–C) groups is 1. The van der Waals surface area contributed by atoms with Gasteiger partial charge >= 0.3 is 0 Å². The summed E-state index contributed by atoms with van der Waals surface area (Å²) >= 11 is 0. The molecule has 26 heavy (non-hydrogen) atoms. The van der Waals surface area contributed by atoms with Crippen molar-refractivity contribution in [2.45, 2.75) is 40.7 Å². The van der Waals surface area contributed by atoms with Crippen LogP contribution in [0.15, 0.2) is 29.3 Å². The fraction of sp³-hybridized carbons (Fsp3) is 0.600. The molecule has 0 aliphatic carbocycles. The highest BCUT2D eigenvalue weighted by molar-refractivity contribution is 14.0. The summed E-state index contributed by atoms with van der Waals surface area (Å²) in [7, 11) is 1.83. The molecule has 1 aromatic rings. The summed E-state index contributed by atoms with van der Waals surface area (Å²) in [5, 5.41) is 3.44. The number of rotatable bonds is 5. The van der Waals surface area contributed by atoms with Gasteiger partial charge in [-0.15, -0.1) is 24.0 Å². The molecule has 146 valence electrons. The maximum absolute atomic E-state index is 12.4. The number of halogens is 1. The third kappa shape index (κ3) is 5.86. The molecule has 1 aliphatic heterocycles. The minimum absolute atomic E-state index is 0. The summed E-state index contributed by atoms with van der Waals surface area (Å²) in [6, 6.07) is 7.87. The molecule has 1 heterocycles. The number of nitrogens with zero attached hydrogens (tertiary/aromatic N) is 3. The quantitative estimate of drug-likeness (QED) is 0.405. The fourth-order valence-electron chi connectivity index (χ4n) is 3.27. The van der Waals surface area contributed by atoms with Crippen molar-refractivity contribution >= 4 is 35.8 Å². The molecule has 5 nitrogen and oxygen atoms in total. The molecule has 0 spiro atoms. The number of guanidine groups is 1. The number of amides is 1. The van der Waals surface area contributed by atoms with Gasteiger partial charge in [-0.25, -0.2) is 0 Å². The van der Waals surface area contributed by atoms with Gasteiger partial charge in [0.05, 0.1) is 0 Å². The summed E-state index contributed by atoms with van der Waals surface area (Å²) in [4.78, 5) is 20.9. The van der Waals surface area contributed by atoms with Crippen molar-refractivity contribution in [1.82, 2.24) is 15.1 Å². The third-order valence-corrected chi connectivity index (χ3v) is 4.89. The predicted molar refractivity (Wildman–Crippen MR) is 119 cm³/mol. The van der Waals surface area contributed by atoms with Gasteiger partial charge in [0.15, 0.2) is 5.96 Å². The molecule has 0 aromatic heterocycles. The van der Waals surface area contributed by atoms with E-state index in [4.69, 9.17) is 0 Å². The molecule has 0 saturated carbocycles. The zero-order valence-corrected chi connectivity index (χ0v) is 19.0. The van der Waals surface area contributed by atoms with E-state index in [0.29, 0.717) is 12.0 Å². The summed E-state index contributed by atoms with van der Waals surface area (Å²) in [5.74, 6) is 1.05. The predicted octanol–water partition coefficient (Wildman–Crippen LogP) is 3.59. The van der Waals surface area contributed by atoms with Gasteiger partial charge in [0, 0.05) is 45.3 Å². The van der Waals surface area contributed by atoms with Crippen LogP contribution in [0.3, 0.4) is 0 Å². The van der Waals surface area contributed by atoms with Gasteiger partial charge in [-0.2, -0.15) is 0 Å². The SMILES string of the molecule is CCN(CC)C(=O)c1ccc(CNC(=NC)N2CCC(C)(C)C2)cc1.I. The molecule has 0 atom stereocenters. The van der Waals surface area contributed by atoms with Gasteiger partial charge in [-0.05, 0) is 43.4 Å². The van der Waals surface area contributed by atoms with E-state index >= 15 is 0 Å². The van der Waals surface area contributed by atoms with E-state index in [-0.39, 0.29) is 29.9 Å². The summed E-state index contributed by atoms with van der Waals surface area (Å²) in [6.45, 7) is 12.9. The van der Waals surface area contributed by atoms with Crippen molar-refractivity contribution in [3.8, 4) is 0 Å². The standard InChI is InChI=1S/C20H32N4O.HI/c1-6-23(7-2)18(25)17-10-8-16(9-11-17)14-22-19(21-5)24-13-12-20(3,4)15-24;/h8-11H,6-7,12-15H2,1-5H3,(H,21,22);1H. The monoisotopic (exact) mass is 472 g/mol. The maximum Gasteiger partial charge on any atom is 0.253 e. The Kier molecular flexibility index (Phi) is 8.86. The molecule has 6 heteroatoms. The second kappa shape index (κ2) is 10.1. The van der Waals surface area contributed by atoms with E-state index in [1.54, 1.807) is 0 Å². The molecule has 0 bridgehead atoms. The van der Waals surface area contributed by atoms with Crippen LogP contribution in [-0.4, -0.2) is 54.9 Å². The zero-order chi connectivity index (χ0) is 18.4. The van der Waals surface area contributed by atoms with Crippen molar-refractivity contribution in [2.75, 3.05) is 33.2 Å². The highest BCUT2D eigenvalue weighted by Gasteiger charge is 2.30. The highest BCUT2D eigenvalue weighted by atomic mass is 127. The number of nitrogens with one attached hydrogen (secondary N) is 1. The van der Waals surface area contributed by atoms with E-state index in [2.05, 4.69) is 29.1 Å². The van der Waals surface area contributed by atoms with Gasteiger partial charge in [0.2, 0.25) is 0 Å². The Morgan fingerprint density at radius 2 is 1.85 bits per heavy atom. The first-order valence-corrected chi connectivity index (χ1v) is 9.24. The van der Waals surface area contributed by atoms with Gasteiger partial charge < -0.3 is 15.1 Å². The topological polar surface area (TPSA) is 47.9 Å². The van der Waals surface area contributed by atoms with Crippen LogP contribution in [0, 0.1) is 5.41 Å². The van der Waals surface area contributed by atoms with Crippen LogP contribution >= 0.6 is 24.0 Å². The molecule has 0 unspecified atom stereocenters. The summed E-state index contributed by atoms with van der Waals surface area (Å²) in [6.07, 6.45) is 1.19. The molecule has 2 rings (SSSR count). The van der Waals surface area contributed by atoms with E-state index in [0.717, 1.165) is 43.3 Å². The van der Waals surface area contributed by atoms with Crippen molar-refractivity contribution in [3.63, 3.8) is 0 Å². The van der Waals surface area contributed by atoms with Gasteiger partial charge in [0.1, 0.15) is 0 Å². The number of hydrogen-bond donors (Lipinski definition) is 1. The minimum atomic E-state index is 0. The lowest BCUT2D eigenvalue weighted by molar-refractivity contribution is 0.0773. The largest absolute Gasteiger partial charge is 0.352 e. The van der Waals surface area contributed by atoms with Crippen LogP contribution in [0.4, 0.5) is 0 Å². The maximum atomic E-state index is 12.4. The zero-order valence-electron chi connectivity index (χ0n) is 16.7.